The van der Waals surface area contributed by atoms with E-state index in [0.29, 0.717) is 5.69 Å². The van der Waals surface area contributed by atoms with E-state index in [1.165, 1.54) is 4.90 Å². The van der Waals surface area contributed by atoms with Crippen LogP contribution in [0.5, 0.6) is 0 Å². The number of nitrogens with zero attached hydrogens (tertiary/aromatic N) is 2. The molecule has 2 aliphatic heterocycles. The minimum Gasteiger partial charge on any atom is -0.480 e. The van der Waals surface area contributed by atoms with Crippen molar-refractivity contribution in [3.63, 3.8) is 0 Å². The van der Waals surface area contributed by atoms with Gasteiger partial charge in [-0.3, -0.25) is 9.59 Å². The third-order valence-electron chi connectivity index (χ3n) is 6.24. The first kappa shape index (κ1) is 19.3. The van der Waals surface area contributed by atoms with Crippen molar-refractivity contribution in [1.29, 1.82) is 0 Å². The lowest BCUT2D eigenvalue weighted by atomic mass is 9.92. The minimum absolute atomic E-state index is 0.0288. The largest absolute Gasteiger partial charge is 0.480 e. The van der Waals surface area contributed by atoms with Gasteiger partial charge in [0.1, 0.15) is 11.6 Å². The van der Waals surface area contributed by atoms with E-state index in [9.17, 15) is 19.5 Å². The van der Waals surface area contributed by atoms with Crippen molar-refractivity contribution in [2.75, 3.05) is 11.4 Å². The lowest BCUT2D eigenvalue weighted by Gasteiger charge is -2.31. The van der Waals surface area contributed by atoms with Crippen molar-refractivity contribution in [1.82, 2.24) is 10.2 Å². The van der Waals surface area contributed by atoms with Gasteiger partial charge < -0.3 is 15.3 Å². The average molecular weight is 415 g/mol. The van der Waals surface area contributed by atoms with Crippen molar-refractivity contribution in [3.8, 4) is 0 Å². The quantitative estimate of drug-likeness (QED) is 0.640. The van der Waals surface area contributed by atoms with E-state index in [1.54, 1.807) is 29.2 Å². The van der Waals surface area contributed by atoms with Crippen molar-refractivity contribution in [3.05, 3.63) is 78.4 Å². The molecule has 2 N–H and O–H groups in total. The van der Waals surface area contributed by atoms with Crippen molar-refractivity contribution < 1.29 is 19.5 Å². The summed E-state index contributed by atoms with van der Waals surface area (Å²) in [6, 6.07) is 21.2. The van der Waals surface area contributed by atoms with Crippen LogP contribution in [0, 0.1) is 0 Å². The molecule has 0 unspecified atom stereocenters. The summed E-state index contributed by atoms with van der Waals surface area (Å²) in [5, 5.41) is 14.5. The fourth-order valence-electron chi connectivity index (χ4n) is 4.66. The van der Waals surface area contributed by atoms with Gasteiger partial charge in [0.15, 0.2) is 0 Å². The van der Waals surface area contributed by atoms with Gasteiger partial charge in [-0.15, -0.1) is 0 Å². The van der Waals surface area contributed by atoms with Gasteiger partial charge in [-0.25, -0.2) is 9.69 Å². The summed E-state index contributed by atoms with van der Waals surface area (Å²) in [6.07, 6.45) is 0.0288. The molecule has 2 aliphatic rings. The van der Waals surface area contributed by atoms with Crippen LogP contribution in [0.25, 0.3) is 10.8 Å². The summed E-state index contributed by atoms with van der Waals surface area (Å²) in [4.78, 5) is 41.5. The zero-order valence-corrected chi connectivity index (χ0v) is 16.7. The molecular formula is C24H21N3O4. The molecule has 0 aliphatic carbocycles. The molecule has 31 heavy (non-hydrogen) atoms. The zero-order chi connectivity index (χ0) is 21.6. The van der Waals surface area contributed by atoms with Crippen LogP contribution >= 0.6 is 0 Å². The van der Waals surface area contributed by atoms with E-state index < -0.39 is 23.6 Å². The second-order valence-electron chi connectivity index (χ2n) is 7.99. The molecule has 2 fully saturated rings. The van der Waals surface area contributed by atoms with E-state index in [4.69, 9.17) is 0 Å². The number of carbonyl (C=O) groups is 3. The number of anilines is 1. The molecule has 7 heteroatoms. The Morgan fingerprint density at radius 1 is 1.00 bits per heavy atom. The van der Waals surface area contributed by atoms with Gasteiger partial charge in [-0.1, -0.05) is 60.7 Å². The standard InChI is InChI=1S/C24H21N3O4/c28-21(29)20-13-24(15-25-20)22(30)27(18-10-2-1-3-11-18)23(31)26(24)14-17-9-6-8-16-7-4-5-12-19(16)17/h1-12,20,25H,13-15H2,(H,28,29)/t20-,24-/m0/s1. The van der Waals surface area contributed by atoms with E-state index in [0.717, 1.165) is 16.3 Å². The summed E-state index contributed by atoms with van der Waals surface area (Å²) < 4.78 is 0. The van der Waals surface area contributed by atoms with Gasteiger partial charge >= 0.3 is 12.0 Å². The van der Waals surface area contributed by atoms with Crippen LogP contribution in [0.1, 0.15) is 12.0 Å². The number of carbonyl (C=O) groups excluding carboxylic acids is 2. The third kappa shape index (κ3) is 2.97. The Morgan fingerprint density at radius 3 is 2.45 bits per heavy atom. The molecule has 0 bridgehead atoms. The number of imide groups is 1. The maximum absolute atomic E-state index is 13.6. The Morgan fingerprint density at radius 2 is 1.71 bits per heavy atom. The average Bonchev–Trinajstić information content (AvgIpc) is 3.32. The molecule has 156 valence electrons. The molecule has 2 saturated heterocycles. The molecule has 5 rings (SSSR count). The first-order valence-corrected chi connectivity index (χ1v) is 10.2. The monoisotopic (exact) mass is 415 g/mol. The lowest BCUT2D eigenvalue weighted by Crippen LogP contribution is -2.51. The molecule has 0 aromatic heterocycles. The molecule has 1 spiro atoms. The summed E-state index contributed by atoms with van der Waals surface area (Å²) in [5.41, 5.74) is 0.149. The number of aliphatic carboxylic acids is 1. The highest BCUT2D eigenvalue weighted by Gasteiger charge is 2.61. The number of urea groups is 1. The number of rotatable bonds is 4. The maximum Gasteiger partial charge on any atom is 0.332 e. The van der Waals surface area contributed by atoms with Gasteiger partial charge in [0, 0.05) is 19.5 Å². The molecule has 3 amide bonds. The number of nitrogens with one attached hydrogen (secondary N) is 1. The van der Waals surface area contributed by atoms with E-state index in [1.807, 2.05) is 48.5 Å². The highest BCUT2D eigenvalue weighted by atomic mass is 16.4. The second kappa shape index (κ2) is 7.21. The van der Waals surface area contributed by atoms with Crippen LogP contribution in [0.15, 0.2) is 72.8 Å². The van der Waals surface area contributed by atoms with Crippen LogP contribution < -0.4 is 10.2 Å². The van der Waals surface area contributed by atoms with E-state index in [2.05, 4.69) is 5.32 Å². The molecule has 3 aromatic carbocycles. The Hall–Kier alpha value is -3.71. The van der Waals surface area contributed by atoms with Crippen molar-refractivity contribution in [2.45, 2.75) is 24.5 Å². The molecular weight excluding hydrogens is 394 g/mol. The van der Waals surface area contributed by atoms with Crippen molar-refractivity contribution in [2.24, 2.45) is 0 Å². The molecule has 0 saturated carbocycles. The van der Waals surface area contributed by atoms with Crippen molar-refractivity contribution >= 4 is 34.4 Å². The van der Waals surface area contributed by atoms with Crippen LogP contribution in [0.3, 0.4) is 0 Å². The predicted molar refractivity (Wildman–Crippen MR) is 116 cm³/mol. The number of hydrogen-bond donors (Lipinski definition) is 2. The number of carboxylic acid groups (broad SMARTS) is 1. The first-order valence-electron chi connectivity index (χ1n) is 10.2. The Balaban J connectivity index is 1.60. The lowest BCUT2D eigenvalue weighted by molar-refractivity contribution is -0.139. The summed E-state index contributed by atoms with van der Waals surface area (Å²) in [7, 11) is 0. The number of amides is 3. The highest BCUT2D eigenvalue weighted by molar-refractivity contribution is 6.23. The maximum atomic E-state index is 13.6. The van der Waals surface area contributed by atoms with Crippen LogP contribution in [0.2, 0.25) is 0 Å². The first-order chi connectivity index (χ1) is 15.0. The van der Waals surface area contributed by atoms with Gasteiger partial charge in [0.25, 0.3) is 5.91 Å². The number of carboxylic acids is 1. The summed E-state index contributed by atoms with van der Waals surface area (Å²) >= 11 is 0. The molecule has 2 atom stereocenters. The Bertz CT molecular complexity index is 1190. The summed E-state index contributed by atoms with van der Waals surface area (Å²) in [5.74, 6) is -1.42. The van der Waals surface area contributed by atoms with E-state index in [-0.39, 0.29) is 25.4 Å². The van der Waals surface area contributed by atoms with Gasteiger partial charge in [0.2, 0.25) is 0 Å². The Kier molecular flexibility index (Phi) is 4.48. The fourth-order valence-corrected chi connectivity index (χ4v) is 4.66. The smallest absolute Gasteiger partial charge is 0.332 e. The molecule has 2 heterocycles. The number of para-hydroxylation sites is 1. The molecule has 7 nitrogen and oxygen atoms in total. The SMILES string of the molecule is O=C(O)[C@@H]1C[C@]2(CN1)C(=O)N(c1ccccc1)C(=O)N2Cc1cccc2ccccc12. The second-order valence-corrected chi connectivity index (χ2v) is 7.99. The number of fused-ring (bicyclic) bond motifs is 1. The third-order valence-corrected chi connectivity index (χ3v) is 6.24. The summed E-state index contributed by atoms with van der Waals surface area (Å²) in [6.45, 7) is 0.311. The number of benzene rings is 3. The van der Waals surface area contributed by atoms with Crippen LogP contribution in [0.4, 0.5) is 10.5 Å². The minimum atomic E-state index is -1.24. The topological polar surface area (TPSA) is 90.0 Å². The van der Waals surface area contributed by atoms with Gasteiger partial charge in [-0.05, 0) is 28.5 Å². The van der Waals surface area contributed by atoms with Gasteiger partial charge in [-0.2, -0.15) is 0 Å². The van der Waals surface area contributed by atoms with E-state index >= 15 is 0 Å². The zero-order valence-electron chi connectivity index (χ0n) is 16.7. The van der Waals surface area contributed by atoms with Gasteiger partial charge in [0.05, 0.1) is 5.69 Å². The predicted octanol–water partition coefficient (Wildman–Crippen LogP) is 2.99. The fraction of sp³-hybridized carbons (Fsp3) is 0.208. The Labute approximate surface area is 178 Å². The van der Waals surface area contributed by atoms with Crippen LogP contribution in [-0.2, 0) is 16.1 Å². The normalized spacial score (nSPS) is 23.3. The molecule has 3 aromatic rings. The highest BCUT2D eigenvalue weighted by Crippen LogP contribution is 2.39. The molecule has 0 radical (unpaired) electrons. The number of hydrogen-bond acceptors (Lipinski definition) is 4. The van der Waals surface area contributed by atoms with Crippen LogP contribution in [-0.4, -0.2) is 46.0 Å².